The largest absolute Gasteiger partial charge is 0.387 e. The first-order chi connectivity index (χ1) is 9.58. The van der Waals surface area contributed by atoms with Crippen LogP contribution in [-0.2, 0) is 6.54 Å². The molecule has 0 heterocycles. The second-order valence-electron chi connectivity index (χ2n) is 4.77. The van der Waals surface area contributed by atoms with Gasteiger partial charge in [-0.05, 0) is 24.6 Å². The highest BCUT2D eigenvalue weighted by Crippen LogP contribution is 2.20. The monoisotopic (exact) mass is 277 g/mol. The van der Waals surface area contributed by atoms with Crippen LogP contribution in [0.2, 0.25) is 0 Å². The van der Waals surface area contributed by atoms with Gasteiger partial charge in [-0.25, -0.2) is 8.78 Å². The quantitative estimate of drug-likeness (QED) is 0.880. The predicted octanol–water partition coefficient (Wildman–Crippen LogP) is 3.10. The third-order valence-electron chi connectivity index (χ3n) is 3.08. The van der Waals surface area contributed by atoms with Crippen molar-refractivity contribution >= 4 is 0 Å². The molecule has 1 unspecified atom stereocenters. The molecule has 0 aromatic heterocycles. The fraction of sp³-hybridized carbons (Fsp3) is 0.250. The molecular formula is C16H17F2NO. The van der Waals surface area contributed by atoms with Crippen LogP contribution in [-0.4, -0.2) is 11.7 Å². The Hall–Kier alpha value is -1.78. The third-order valence-corrected chi connectivity index (χ3v) is 3.08. The molecule has 4 heteroatoms. The van der Waals surface area contributed by atoms with Crippen LogP contribution in [0, 0.1) is 18.6 Å². The van der Waals surface area contributed by atoms with Crippen LogP contribution in [0.3, 0.4) is 0 Å². The summed E-state index contributed by atoms with van der Waals surface area (Å²) in [6.45, 7) is 2.62. The van der Waals surface area contributed by atoms with Gasteiger partial charge in [0.25, 0.3) is 0 Å². The first kappa shape index (κ1) is 14.6. The molecule has 0 aliphatic heterocycles. The normalized spacial score (nSPS) is 12.4. The Kier molecular flexibility index (Phi) is 4.82. The van der Waals surface area contributed by atoms with E-state index in [1.54, 1.807) is 0 Å². The molecule has 0 saturated heterocycles. The Morgan fingerprint density at radius 3 is 2.40 bits per heavy atom. The van der Waals surface area contributed by atoms with Crippen molar-refractivity contribution in [3.63, 3.8) is 0 Å². The maximum atomic E-state index is 13.5. The van der Waals surface area contributed by atoms with Crippen molar-refractivity contribution in [2.75, 3.05) is 6.54 Å². The molecule has 0 amide bonds. The van der Waals surface area contributed by atoms with Gasteiger partial charge in [-0.15, -0.1) is 0 Å². The highest BCUT2D eigenvalue weighted by molar-refractivity contribution is 5.23. The zero-order chi connectivity index (χ0) is 14.5. The van der Waals surface area contributed by atoms with Crippen LogP contribution < -0.4 is 5.32 Å². The highest BCUT2D eigenvalue weighted by atomic mass is 19.1. The van der Waals surface area contributed by atoms with Gasteiger partial charge in [0.2, 0.25) is 0 Å². The van der Waals surface area contributed by atoms with Crippen molar-refractivity contribution in [2.45, 2.75) is 19.6 Å². The molecule has 0 fully saturated rings. The lowest BCUT2D eigenvalue weighted by Gasteiger charge is -2.14. The molecule has 20 heavy (non-hydrogen) atoms. The van der Waals surface area contributed by atoms with E-state index < -0.39 is 17.7 Å². The van der Waals surface area contributed by atoms with Crippen LogP contribution in [0.4, 0.5) is 8.78 Å². The molecule has 0 saturated carbocycles. The lowest BCUT2D eigenvalue weighted by Crippen LogP contribution is -2.22. The Morgan fingerprint density at radius 1 is 1.10 bits per heavy atom. The molecule has 2 aromatic rings. The molecule has 106 valence electrons. The number of hydrogen-bond donors (Lipinski definition) is 2. The first-order valence-corrected chi connectivity index (χ1v) is 6.46. The summed E-state index contributed by atoms with van der Waals surface area (Å²) in [5, 5.41) is 12.9. The zero-order valence-corrected chi connectivity index (χ0v) is 11.2. The van der Waals surface area contributed by atoms with E-state index in [0.717, 1.165) is 23.3 Å². The molecule has 0 bridgehead atoms. The molecule has 1 atom stereocenters. The molecule has 2 rings (SSSR count). The fourth-order valence-electron chi connectivity index (χ4n) is 2.11. The predicted molar refractivity (Wildman–Crippen MR) is 74.2 cm³/mol. The summed E-state index contributed by atoms with van der Waals surface area (Å²) in [5.74, 6) is -1.45. The van der Waals surface area contributed by atoms with Crippen LogP contribution >= 0.6 is 0 Å². The van der Waals surface area contributed by atoms with E-state index in [2.05, 4.69) is 5.32 Å². The molecular weight excluding hydrogens is 260 g/mol. The number of nitrogens with one attached hydrogen (secondary N) is 1. The van der Waals surface area contributed by atoms with E-state index in [-0.39, 0.29) is 12.1 Å². The van der Waals surface area contributed by atoms with Crippen LogP contribution in [0.15, 0.2) is 42.5 Å². The van der Waals surface area contributed by atoms with Crippen molar-refractivity contribution in [3.8, 4) is 0 Å². The van der Waals surface area contributed by atoms with E-state index >= 15 is 0 Å². The first-order valence-electron chi connectivity index (χ1n) is 6.46. The number of aliphatic hydroxyl groups excluding tert-OH is 1. The van der Waals surface area contributed by atoms with E-state index in [1.165, 1.54) is 6.07 Å². The molecule has 2 N–H and O–H groups in total. The summed E-state index contributed by atoms with van der Waals surface area (Å²) in [6.07, 6.45) is -1.21. The average Bonchev–Trinajstić information content (AvgIpc) is 2.38. The van der Waals surface area contributed by atoms with Crippen molar-refractivity contribution < 1.29 is 13.9 Å². The van der Waals surface area contributed by atoms with Gasteiger partial charge >= 0.3 is 0 Å². The fourth-order valence-corrected chi connectivity index (χ4v) is 2.11. The Labute approximate surface area is 117 Å². The van der Waals surface area contributed by atoms with Gasteiger partial charge < -0.3 is 10.4 Å². The molecule has 0 spiro atoms. The maximum absolute atomic E-state index is 13.5. The summed E-state index contributed by atoms with van der Waals surface area (Å²) in [4.78, 5) is 0. The van der Waals surface area contributed by atoms with Crippen molar-refractivity contribution in [1.82, 2.24) is 5.32 Å². The average molecular weight is 277 g/mol. The number of aryl methyl sites for hydroxylation is 1. The standard InChI is InChI=1S/C16H17F2NO/c1-11-4-2-5-12(8-11)9-19-10-15(20)16-13(17)6-3-7-14(16)18/h2-8,15,19-20H,9-10H2,1H3. The SMILES string of the molecule is Cc1cccc(CNCC(O)c2c(F)cccc2F)c1. The van der Waals surface area contributed by atoms with E-state index in [1.807, 2.05) is 31.2 Å². The van der Waals surface area contributed by atoms with Crippen LogP contribution in [0.5, 0.6) is 0 Å². The van der Waals surface area contributed by atoms with E-state index in [0.29, 0.717) is 6.54 Å². The summed E-state index contributed by atoms with van der Waals surface area (Å²) >= 11 is 0. The number of rotatable bonds is 5. The van der Waals surface area contributed by atoms with E-state index in [4.69, 9.17) is 0 Å². The van der Waals surface area contributed by atoms with Gasteiger partial charge in [0.15, 0.2) is 0 Å². The summed E-state index contributed by atoms with van der Waals surface area (Å²) in [6, 6.07) is 11.5. The Balaban J connectivity index is 1.94. The number of benzene rings is 2. The summed E-state index contributed by atoms with van der Waals surface area (Å²) in [5.41, 5.74) is 1.92. The summed E-state index contributed by atoms with van der Waals surface area (Å²) in [7, 11) is 0. The van der Waals surface area contributed by atoms with Crippen molar-refractivity contribution in [1.29, 1.82) is 0 Å². The number of halogens is 2. The maximum Gasteiger partial charge on any atom is 0.131 e. The minimum absolute atomic E-state index is 0.0891. The van der Waals surface area contributed by atoms with Crippen molar-refractivity contribution in [3.05, 3.63) is 70.8 Å². The summed E-state index contributed by atoms with van der Waals surface area (Å²) < 4.78 is 27.0. The number of aliphatic hydroxyl groups is 1. The molecule has 2 nitrogen and oxygen atoms in total. The Bertz CT molecular complexity index is 566. The van der Waals surface area contributed by atoms with Gasteiger partial charge in [-0.3, -0.25) is 0 Å². The lowest BCUT2D eigenvalue weighted by atomic mass is 10.1. The van der Waals surface area contributed by atoms with Crippen LogP contribution in [0.25, 0.3) is 0 Å². The second kappa shape index (κ2) is 6.59. The molecule has 0 aliphatic carbocycles. The third kappa shape index (κ3) is 3.62. The molecule has 0 aliphatic rings. The smallest absolute Gasteiger partial charge is 0.131 e. The Morgan fingerprint density at radius 2 is 1.75 bits per heavy atom. The van der Waals surface area contributed by atoms with E-state index in [9.17, 15) is 13.9 Å². The minimum atomic E-state index is -1.21. The molecule has 0 radical (unpaired) electrons. The van der Waals surface area contributed by atoms with Crippen molar-refractivity contribution in [2.24, 2.45) is 0 Å². The topological polar surface area (TPSA) is 32.3 Å². The molecule has 2 aromatic carbocycles. The van der Waals surface area contributed by atoms with Gasteiger partial charge in [0.05, 0.1) is 11.7 Å². The number of hydrogen-bond acceptors (Lipinski definition) is 2. The minimum Gasteiger partial charge on any atom is -0.387 e. The second-order valence-corrected chi connectivity index (χ2v) is 4.77. The van der Waals surface area contributed by atoms with Crippen LogP contribution in [0.1, 0.15) is 22.8 Å². The zero-order valence-electron chi connectivity index (χ0n) is 11.2. The highest BCUT2D eigenvalue weighted by Gasteiger charge is 2.17. The van der Waals surface area contributed by atoms with Gasteiger partial charge in [0.1, 0.15) is 11.6 Å². The van der Waals surface area contributed by atoms with Gasteiger partial charge in [0, 0.05) is 13.1 Å². The van der Waals surface area contributed by atoms with Gasteiger partial charge in [-0.2, -0.15) is 0 Å². The van der Waals surface area contributed by atoms with Gasteiger partial charge in [-0.1, -0.05) is 35.9 Å². The lowest BCUT2D eigenvalue weighted by molar-refractivity contribution is 0.164.